The number of amides is 1. The monoisotopic (exact) mass is 608 g/mol. The van der Waals surface area contributed by atoms with Crippen molar-refractivity contribution in [3.05, 3.63) is 70.4 Å². The topological polar surface area (TPSA) is 143 Å². The number of carbonyl (C=O) groups excluding carboxylic acids is 2. The molecule has 5 rings (SSSR count). The number of nitrogens with one attached hydrogen (secondary N) is 2. The Kier molecular flexibility index (Phi) is 8.80. The lowest BCUT2D eigenvalue weighted by atomic mass is 9.95. The first-order valence-corrected chi connectivity index (χ1v) is 16.1. The Morgan fingerprint density at radius 2 is 1.86 bits per heavy atom. The zero-order valence-corrected chi connectivity index (χ0v) is 25.2. The molecule has 1 amide bonds. The summed E-state index contributed by atoms with van der Waals surface area (Å²) in [6.45, 7) is 7.99. The third kappa shape index (κ3) is 6.42. The van der Waals surface area contributed by atoms with Crippen molar-refractivity contribution in [2.45, 2.75) is 57.6 Å². The van der Waals surface area contributed by atoms with Crippen LogP contribution in [0.1, 0.15) is 53.3 Å². The van der Waals surface area contributed by atoms with Crippen molar-refractivity contribution in [1.82, 2.24) is 20.1 Å². The van der Waals surface area contributed by atoms with Crippen LogP contribution in [0, 0.1) is 6.92 Å². The van der Waals surface area contributed by atoms with E-state index in [1.165, 1.54) is 24.3 Å². The largest absolute Gasteiger partial charge is 0.449 e. The molecule has 2 aromatic carbocycles. The molecule has 0 saturated heterocycles. The number of hydrogen-bond acceptors (Lipinski definition) is 10. The Morgan fingerprint density at radius 1 is 1.10 bits per heavy atom. The number of fused-ring (bicyclic) bond motifs is 2. The van der Waals surface area contributed by atoms with Crippen molar-refractivity contribution in [2.75, 3.05) is 23.1 Å². The van der Waals surface area contributed by atoms with Crippen LogP contribution in [0.15, 0.2) is 53.4 Å². The normalized spacial score (nSPS) is 14.3. The predicted molar refractivity (Wildman–Crippen MR) is 161 cm³/mol. The number of anilines is 2. The van der Waals surface area contributed by atoms with Crippen LogP contribution in [-0.2, 0) is 32.5 Å². The van der Waals surface area contributed by atoms with Gasteiger partial charge in [-0.1, -0.05) is 43.4 Å². The number of esters is 1. The number of benzene rings is 2. The number of para-hydroxylation sites is 1. The van der Waals surface area contributed by atoms with E-state index in [1.54, 1.807) is 13.8 Å². The second-order valence-corrected chi connectivity index (χ2v) is 12.9. The lowest BCUT2D eigenvalue weighted by Gasteiger charge is -2.30. The highest BCUT2D eigenvalue weighted by Crippen LogP contribution is 2.29. The highest BCUT2D eigenvalue weighted by atomic mass is 32.2. The van der Waals surface area contributed by atoms with Gasteiger partial charge in [0.15, 0.2) is 6.10 Å². The van der Waals surface area contributed by atoms with Gasteiger partial charge in [0.1, 0.15) is 5.01 Å². The fourth-order valence-corrected chi connectivity index (χ4v) is 6.77. The van der Waals surface area contributed by atoms with Crippen molar-refractivity contribution < 1.29 is 22.7 Å². The maximum absolute atomic E-state index is 13.7. The molecule has 2 N–H and O–H groups in total. The van der Waals surface area contributed by atoms with Gasteiger partial charge >= 0.3 is 5.97 Å². The average molecular weight is 609 g/mol. The molecule has 11 nitrogen and oxygen atoms in total. The standard InChI is InChI=1S/C29H32N6O5S2/c1-4-15-35-16-14-24-22(17-35)26(21-8-6-7-9-23(21)31-24)28(37)40-25(5-2)27(36)30-19-10-12-20(13-11-19)42(38,39)34-29-33-32-18(3)41-29/h6-13,25H,4-5,14-17H2,1-3H3,(H,30,36)(H,33,34). The molecule has 0 aliphatic carbocycles. The number of nitrogens with zero attached hydrogens (tertiary/aromatic N) is 4. The Bertz CT molecular complexity index is 1720. The van der Waals surface area contributed by atoms with E-state index in [0.717, 1.165) is 54.0 Å². The Hall–Kier alpha value is -3.94. The minimum atomic E-state index is -3.88. The minimum Gasteiger partial charge on any atom is -0.449 e. The molecular formula is C29H32N6O5S2. The van der Waals surface area contributed by atoms with E-state index in [9.17, 15) is 18.0 Å². The van der Waals surface area contributed by atoms with Crippen molar-refractivity contribution in [3.63, 3.8) is 0 Å². The summed E-state index contributed by atoms with van der Waals surface area (Å²) in [5.74, 6) is -1.08. The molecule has 0 fully saturated rings. The van der Waals surface area contributed by atoms with Crippen LogP contribution in [-0.4, -0.2) is 59.6 Å². The highest BCUT2D eigenvalue weighted by Gasteiger charge is 2.29. The van der Waals surface area contributed by atoms with Gasteiger partial charge in [0.25, 0.3) is 15.9 Å². The molecule has 1 aliphatic rings. The summed E-state index contributed by atoms with van der Waals surface area (Å²) in [5, 5.41) is 11.8. The summed E-state index contributed by atoms with van der Waals surface area (Å²) in [5.41, 5.74) is 3.27. The van der Waals surface area contributed by atoms with E-state index >= 15 is 0 Å². The third-order valence-corrected chi connectivity index (χ3v) is 9.20. The molecule has 0 radical (unpaired) electrons. The van der Waals surface area contributed by atoms with Gasteiger partial charge < -0.3 is 10.1 Å². The molecule has 220 valence electrons. The molecule has 0 bridgehead atoms. The van der Waals surface area contributed by atoms with Crippen molar-refractivity contribution in [3.8, 4) is 0 Å². The first-order valence-electron chi connectivity index (χ1n) is 13.8. The van der Waals surface area contributed by atoms with Gasteiger partial charge in [-0.3, -0.25) is 19.4 Å². The van der Waals surface area contributed by atoms with Gasteiger partial charge in [0.2, 0.25) is 5.13 Å². The van der Waals surface area contributed by atoms with Crippen LogP contribution in [0.4, 0.5) is 10.8 Å². The summed E-state index contributed by atoms with van der Waals surface area (Å²) in [7, 11) is -3.88. The van der Waals surface area contributed by atoms with Crippen LogP contribution < -0.4 is 10.0 Å². The number of ether oxygens (including phenoxy) is 1. The van der Waals surface area contributed by atoms with Crippen LogP contribution in [0.5, 0.6) is 0 Å². The summed E-state index contributed by atoms with van der Waals surface area (Å²) in [6, 6.07) is 13.2. The molecule has 0 saturated carbocycles. The molecule has 3 heterocycles. The van der Waals surface area contributed by atoms with E-state index in [1.807, 2.05) is 24.3 Å². The molecular weight excluding hydrogens is 576 g/mol. The lowest BCUT2D eigenvalue weighted by Crippen LogP contribution is -2.35. The quantitative estimate of drug-likeness (QED) is 0.248. The zero-order chi connectivity index (χ0) is 29.9. The summed E-state index contributed by atoms with van der Waals surface area (Å²) < 4.78 is 33.6. The van der Waals surface area contributed by atoms with Gasteiger partial charge in [-0.25, -0.2) is 13.2 Å². The summed E-state index contributed by atoms with van der Waals surface area (Å²) in [4.78, 5) is 34.0. The van der Waals surface area contributed by atoms with Gasteiger partial charge in [-0.05, 0) is 56.6 Å². The fourth-order valence-electron chi connectivity index (χ4n) is 4.95. The van der Waals surface area contributed by atoms with Crippen LogP contribution >= 0.6 is 11.3 Å². The first kappa shape index (κ1) is 29.5. The van der Waals surface area contributed by atoms with E-state index in [-0.39, 0.29) is 16.4 Å². The predicted octanol–water partition coefficient (Wildman–Crippen LogP) is 4.54. The summed E-state index contributed by atoms with van der Waals surface area (Å²) in [6.07, 6.45) is 0.934. The number of sulfonamides is 1. The Morgan fingerprint density at radius 3 is 2.55 bits per heavy atom. The number of carbonyl (C=O) groups is 2. The maximum atomic E-state index is 13.7. The zero-order valence-electron chi connectivity index (χ0n) is 23.6. The SMILES string of the molecule is CCCN1CCc2nc3ccccc3c(C(=O)OC(CC)C(=O)Nc3ccc(S(=O)(=O)Nc4nnc(C)s4)cc3)c2C1. The number of hydrogen-bond donors (Lipinski definition) is 2. The second kappa shape index (κ2) is 12.5. The number of pyridine rings is 1. The second-order valence-electron chi connectivity index (χ2n) is 10.0. The number of aryl methyl sites for hydroxylation is 1. The molecule has 42 heavy (non-hydrogen) atoms. The molecule has 1 atom stereocenters. The summed E-state index contributed by atoms with van der Waals surface area (Å²) >= 11 is 1.12. The van der Waals surface area contributed by atoms with E-state index in [2.05, 4.69) is 32.1 Å². The van der Waals surface area contributed by atoms with Gasteiger partial charge in [-0.15, -0.1) is 10.2 Å². The molecule has 1 unspecified atom stereocenters. The van der Waals surface area contributed by atoms with E-state index in [4.69, 9.17) is 9.72 Å². The average Bonchev–Trinajstić information content (AvgIpc) is 3.38. The van der Waals surface area contributed by atoms with E-state index in [0.29, 0.717) is 28.2 Å². The molecule has 1 aliphatic heterocycles. The van der Waals surface area contributed by atoms with Crippen LogP contribution in [0.2, 0.25) is 0 Å². The molecule has 4 aromatic rings. The molecule has 0 spiro atoms. The molecule has 13 heteroatoms. The van der Waals surface area contributed by atoms with Crippen molar-refractivity contribution in [1.29, 1.82) is 0 Å². The van der Waals surface area contributed by atoms with Gasteiger partial charge in [-0.2, -0.15) is 0 Å². The highest BCUT2D eigenvalue weighted by molar-refractivity contribution is 7.93. The van der Waals surface area contributed by atoms with Crippen molar-refractivity contribution >= 4 is 55.0 Å². The van der Waals surface area contributed by atoms with Gasteiger partial charge in [0.05, 0.1) is 16.0 Å². The third-order valence-electron chi connectivity index (χ3n) is 6.96. The van der Waals surface area contributed by atoms with Gasteiger partial charge in [0, 0.05) is 41.8 Å². The Labute approximate surface area is 248 Å². The minimum absolute atomic E-state index is 0.00160. The fraction of sp³-hybridized carbons (Fsp3) is 0.345. The number of rotatable bonds is 10. The first-order chi connectivity index (χ1) is 20.2. The van der Waals surface area contributed by atoms with Crippen LogP contribution in [0.25, 0.3) is 10.9 Å². The number of aromatic nitrogens is 3. The molecule has 2 aromatic heterocycles. The van der Waals surface area contributed by atoms with Crippen LogP contribution in [0.3, 0.4) is 0 Å². The van der Waals surface area contributed by atoms with E-state index < -0.39 is 28.0 Å². The Balaban J connectivity index is 1.32. The smallest absolute Gasteiger partial charge is 0.340 e. The lowest BCUT2D eigenvalue weighted by molar-refractivity contribution is -0.124. The van der Waals surface area contributed by atoms with Crippen molar-refractivity contribution in [2.24, 2.45) is 0 Å². The maximum Gasteiger partial charge on any atom is 0.340 e.